The molecule has 0 spiro atoms. The van der Waals surface area contributed by atoms with Crippen molar-refractivity contribution in [2.75, 3.05) is 27.2 Å². The molecule has 2 aromatic carbocycles. The molecule has 2 unspecified atom stereocenters. The van der Waals surface area contributed by atoms with E-state index >= 15 is 0 Å². The van der Waals surface area contributed by atoms with Crippen LogP contribution in [-0.4, -0.2) is 62.3 Å². The fraction of sp³-hybridized carbons (Fsp3) is 0.545. The number of hydrogen-bond acceptors (Lipinski definition) is 6. The van der Waals surface area contributed by atoms with E-state index in [2.05, 4.69) is 55.7 Å². The summed E-state index contributed by atoms with van der Waals surface area (Å²) < 4.78 is 10.6. The highest BCUT2D eigenvalue weighted by Crippen LogP contribution is 2.24. The van der Waals surface area contributed by atoms with Crippen LogP contribution in [0, 0.1) is 5.41 Å². The molecule has 0 aliphatic carbocycles. The monoisotopic (exact) mass is 582 g/mol. The first-order chi connectivity index (χ1) is 20.0. The molecule has 0 saturated carbocycles. The summed E-state index contributed by atoms with van der Waals surface area (Å²) in [6, 6.07) is 18.1. The molecule has 3 amide bonds. The third-order valence-electron chi connectivity index (χ3n) is 6.93. The molecule has 2 aromatic rings. The molecule has 9 nitrogen and oxygen atoms in total. The van der Waals surface area contributed by atoms with Gasteiger partial charge in [-0.05, 0) is 69.3 Å². The molecule has 232 valence electrons. The molecular weight excluding hydrogens is 532 g/mol. The van der Waals surface area contributed by atoms with Gasteiger partial charge in [0.05, 0.1) is 0 Å². The van der Waals surface area contributed by atoms with E-state index in [9.17, 15) is 14.4 Å². The van der Waals surface area contributed by atoms with E-state index in [1.54, 1.807) is 0 Å². The number of nitrogens with one attached hydrogen (secondary N) is 3. The molecule has 0 saturated heterocycles. The zero-order valence-electron chi connectivity index (χ0n) is 26.0. The van der Waals surface area contributed by atoms with Crippen LogP contribution in [0.4, 0.5) is 9.59 Å². The van der Waals surface area contributed by atoms with Crippen LogP contribution in [-0.2, 0) is 27.5 Å². The van der Waals surface area contributed by atoms with Gasteiger partial charge in [0.15, 0.2) is 0 Å². The minimum Gasteiger partial charge on any atom is -0.445 e. The first-order valence-electron chi connectivity index (χ1n) is 14.9. The second kappa shape index (κ2) is 18.8. The van der Waals surface area contributed by atoms with Crippen LogP contribution in [0.15, 0.2) is 60.7 Å². The molecule has 0 bridgehead atoms. The SMILES string of the molecule is CN(C)CCCCC(NC(=O)C(CCCCNC(=O)OCc1ccccc1)NC(=O)OCc1ccccc1)C(C)(C)C. The van der Waals surface area contributed by atoms with Crippen LogP contribution in [0.1, 0.15) is 70.4 Å². The first-order valence-corrected chi connectivity index (χ1v) is 14.9. The molecule has 0 aliphatic heterocycles. The lowest BCUT2D eigenvalue weighted by Gasteiger charge is -2.33. The van der Waals surface area contributed by atoms with Gasteiger partial charge in [-0.2, -0.15) is 0 Å². The summed E-state index contributed by atoms with van der Waals surface area (Å²) in [6.45, 7) is 8.06. The fourth-order valence-corrected chi connectivity index (χ4v) is 4.38. The summed E-state index contributed by atoms with van der Waals surface area (Å²) in [6.07, 6.45) is 3.40. The summed E-state index contributed by atoms with van der Waals surface area (Å²) in [7, 11) is 4.11. The maximum absolute atomic E-state index is 13.5. The minimum atomic E-state index is -0.759. The number of benzene rings is 2. The Bertz CT molecular complexity index is 1060. The Morgan fingerprint density at radius 1 is 0.738 bits per heavy atom. The lowest BCUT2D eigenvalue weighted by molar-refractivity contribution is -0.124. The average molecular weight is 583 g/mol. The van der Waals surface area contributed by atoms with Crippen LogP contribution in [0.5, 0.6) is 0 Å². The van der Waals surface area contributed by atoms with Gasteiger partial charge in [0.25, 0.3) is 0 Å². The molecule has 0 aromatic heterocycles. The van der Waals surface area contributed by atoms with Gasteiger partial charge in [0.2, 0.25) is 5.91 Å². The average Bonchev–Trinajstić information content (AvgIpc) is 2.96. The Kier molecular flexibility index (Phi) is 15.5. The van der Waals surface area contributed by atoms with Gasteiger partial charge in [-0.3, -0.25) is 4.79 Å². The van der Waals surface area contributed by atoms with E-state index in [1.807, 2.05) is 60.7 Å². The fourth-order valence-electron chi connectivity index (χ4n) is 4.38. The maximum Gasteiger partial charge on any atom is 0.408 e. The van der Waals surface area contributed by atoms with Crippen LogP contribution in [0.25, 0.3) is 0 Å². The predicted octanol–water partition coefficient (Wildman–Crippen LogP) is 5.64. The van der Waals surface area contributed by atoms with E-state index in [0.29, 0.717) is 25.8 Å². The van der Waals surface area contributed by atoms with E-state index < -0.39 is 18.2 Å². The Labute approximate surface area is 251 Å². The van der Waals surface area contributed by atoms with Gasteiger partial charge >= 0.3 is 12.2 Å². The molecule has 0 aliphatic rings. The van der Waals surface area contributed by atoms with Crippen molar-refractivity contribution in [2.45, 2.75) is 84.6 Å². The quantitative estimate of drug-likeness (QED) is 0.208. The number of unbranched alkanes of at least 4 members (excludes halogenated alkanes) is 2. The second-order valence-electron chi connectivity index (χ2n) is 12.0. The van der Waals surface area contributed by atoms with Crippen LogP contribution < -0.4 is 16.0 Å². The highest BCUT2D eigenvalue weighted by molar-refractivity contribution is 5.85. The number of rotatable bonds is 17. The first kappa shape index (κ1) is 34.6. The molecule has 2 atom stereocenters. The van der Waals surface area contributed by atoms with Gasteiger partial charge in [-0.1, -0.05) is 87.9 Å². The Morgan fingerprint density at radius 3 is 1.83 bits per heavy atom. The van der Waals surface area contributed by atoms with Crippen molar-refractivity contribution in [3.05, 3.63) is 71.8 Å². The smallest absolute Gasteiger partial charge is 0.408 e. The highest BCUT2D eigenvalue weighted by Gasteiger charge is 2.29. The topological polar surface area (TPSA) is 109 Å². The molecule has 0 radical (unpaired) electrons. The Balaban J connectivity index is 1.89. The van der Waals surface area contributed by atoms with Gasteiger partial charge < -0.3 is 30.3 Å². The number of amides is 3. The van der Waals surface area contributed by atoms with Crippen molar-refractivity contribution in [2.24, 2.45) is 5.41 Å². The zero-order valence-corrected chi connectivity index (χ0v) is 26.0. The van der Waals surface area contributed by atoms with Gasteiger partial charge in [-0.25, -0.2) is 9.59 Å². The molecule has 0 heterocycles. The second-order valence-corrected chi connectivity index (χ2v) is 12.0. The summed E-state index contributed by atoms with van der Waals surface area (Å²) >= 11 is 0. The van der Waals surface area contributed by atoms with Crippen molar-refractivity contribution < 1.29 is 23.9 Å². The maximum atomic E-state index is 13.5. The Hall–Kier alpha value is -3.59. The third kappa shape index (κ3) is 14.9. The van der Waals surface area contributed by atoms with Crippen LogP contribution >= 0.6 is 0 Å². The zero-order chi connectivity index (χ0) is 30.8. The van der Waals surface area contributed by atoms with E-state index in [0.717, 1.165) is 36.9 Å². The number of carbonyl (C=O) groups is 3. The normalized spacial score (nSPS) is 12.7. The summed E-state index contributed by atoms with van der Waals surface area (Å²) in [5.74, 6) is -0.227. The number of hydrogen-bond donors (Lipinski definition) is 3. The summed E-state index contributed by atoms with van der Waals surface area (Å²) in [5.41, 5.74) is 1.64. The van der Waals surface area contributed by atoms with Crippen molar-refractivity contribution in [3.63, 3.8) is 0 Å². The van der Waals surface area contributed by atoms with Gasteiger partial charge in [-0.15, -0.1) is 0 Å². The van der Waals surface area contributed by atoms with Gasteiger partial charge in [0.1, 0.15) is 19.3 Å². The number of nitrogens with zero attached hydrogens (tertiary/aromatic N) is 1. The minimum absolute atomic E-state index is 0.0437. The predicted molar refractivity (Wildman–Crippen MR) is 166 cm³/mol. The summed E-state index contributed by atoms with van der Waals surface area (Å²) in [4.78, 5) is 40.3. The number of carbonyl (C=O) groups excluding carboxylic acids is 3. The summed E-state index contributed by atoms with van der Waals surface area (Å²) in [5, 5.41) is 8.72. The molecule has 9 heteroatoms. The van der Waals surface area contributed by atoms with Crippen LogP contribution in [0.3, 0.4) is 0 Å². The molecule has 3 N–H and O–H groups in total. The van der Waals surface area contributed by atoms with Crippen molar-refractivity contribution in [3.8, 4) is 0 Å². The van der Waals surface area contributed by atoms with Gasteiger partial charge in [0, 0.05) is 12.6 Å². The van der Waals surface area contributed by atoms with Crippen molar-refractivity contribution in [1.82, 2.24) is 20.9 Å². The molecular formula is C33H50N4O5. The molecule has 42 heavy (non-hydrogen) atoms. The van der Waals surface area contributed by atoms with E-state index in [-0.39, 0.29) is 30.6 Å². The molecule has 0 fully saturated rings. The number of alkyl carbamates (subject to hydrolysis) is 2. The van der Waals surface area contributed by atoms with E-state index in [4.69, 9.17) is 9.47 Å². The Morgan fingerprint density at radius 2 is 1.29 bits per heavy atom. The standard InChI is InChI=1S/C33H50N4O5/c1-33(2,3)29(21-13-15-23-37(4)5)36-30(38)28(35-32(40)42-25-27-18-10-7-11-19-27)20-12-14-22-34-31(39)41-24-26-16-8-6-9-17-26/h6-11,16-19,28-29H,12-15,20-25H2,1-5H3,(H,34,39)(H,35,40)(H,36,38). The van der Waals surface area contributed by atoms with E-state index in [1.165, 1.54) is 0 Å². The molecule has 2 rings (SSSR count). The largest absolute Gasteiger partial charge is 0.445 e. The third-order valence-corrected chi connectivity index (χ3v) is 6.93. The van der Waals surface area contributed by atoms with Crippen molar-refractivity contribution >= 4 is 18.1 Å². The lowest BCUT2D eigenvalue weighted by Crippen LogP contribution is -2.52. The van der Waals surface area contributed by atoms with Crippen LogP contribution in [0.2, 0.25) is 0 Å². The van der Waals surface area contributed by atoms with Crippen molar-refractivity contribution in [1.29, 1.82) is 0 Å². The number of ether oxygens (including phenoxy) is 2. The lowest BCUT2D eigenvalue weighted by atomic mass is 9.83. The highest BCUT2D eigenvalue weighted by atomic mass is 16.6.